The highest BCUT2D eigenvalue weighted by molar-refractivity contribution is 4.82. The van der Waals surface area contributed by atoms with Crippen molar-refractivity contribution in [3.8, 4) is 0 Å². The normalized spacial score (nSPS) is 12.2. The van der Waals surface area contributed by atoms with Crippen molar-refractivity contribution < 1.29 is 0 Å². The highest BCUT2D eigenvalue weighted by Crippen LogP contribution is 2.27. The molecule has 37 heavy (non-hydrogen) atoms. The lowest BCUT2D eigenvalue weighted by Crippen LogP contribution is -2.40. The van der Waals surface area contributed by atoms with E-state index in [0.29, 0.717) is 5.92 Å². The van der Waals surface area contributed by atoms with Crippen molar-refractivity contribution in [2.45, 2.75) is 226 Å². The van der Waals surface area contributed by atoms with E-state index >= 15 is 0 Å². The summed E-state index contributed by atoms with van der Waals surface area (Å²) in [6, 6.07) is 0. The average Bonchev–Trinajstić information content (AvgIpc) is 2.87. The molecule has 2 N–H and O–H groups in total. The van der Waals surface area contributed by atoms with Crippen molar-refractivity contribution in [3.63, 3.8) is 0 Å². The van der Waals surface area contributed by atoms with Gasteiger partial charge in [-0.2, -0.15) is 0 Å². The Labute approximate surface area is 237 Å². The summed E-state index contributed by atoms with van der Waals surface area (Å²) in [5.41, 5.74) is 6.58. The molecule has 0 aliphatic rings. The summed E-state index contributed by atoms with van der Waals surface area (Å²) in [5, 5.41) is 0. The molecule has 0 aromatic rings. The van der Waals surface area contributed by atoms with Gasteiger partial charge in [0.05, 0.1) is 0 Å². The van der Waals surface area contributed by atoms with E-state index in [2.05, 4.69) is 27.7 Å². The van der Waals surface area contributed by atoms with Crippen LogP contribution in [0.3, 0.4) is 0 Å². The van der Waals surface area contributed by atoms with Crippen LogP contribution in [0.4, 0.5) is 0 Å². The monoisotopic (exact) mass is 522 g/mol. The van der Waals surface area contributed by atoms with Gasteiger partial charge >= 0.3 is 0 Å². The smallest absolute Gasteiger partial charge is 0.0125 e. The Morgan fingerprint density at radius 1 is 0.351 bits per heavy atom. The molecule has 0 bridgehead atoms. The minimum Gasteiger partial charge on any atom is -0.325 e. The van der Waals surface area contributed by atoms with Gasteiger partial charge in [-0.15, -0.1) is 0 Å². The molecule has 0 aromatic heterocycles. The number of nitrogens with two attached hydrogens (primary N) is 1. The molecule has 0 aliphatic heterocycles. The Balaban J connectivity index is 3.52. The first-order valence-corrected chi connectivity index (χ1v) is 17.8. The summed E-state index contributed by atoms with van der Waals surface area (Å²) >= 11 is 0. The molecular formula is C36H75N. The van der Waals surface area contributed by atoms with Gasteiger partial charge in [0.2, 0.25) is 0 Å². The fraction of sp³-hybridized carbons (Fsp3) is 1.00. The summed E-state index contributed by atoms with van der Waals surface area (Å²) in [5.74, 6) is 0.710. The van der Waals surface area contributed by atoms with E-state index in [1.807, 2.05) is 0 Å². The maximum Gasteiger partial charge on any atom is 0.0125 e. The number of rotatable bonds is 31. The van der Waals surface area contributed by atoms with Crippen LogP contribution in [-0.4, -0.2) is 5.54 Å². The zero-order chi connectivity index (χ0) is 27.3. The van der Waals surface area contributed by atoms with Gasteiger partial charge in [-0.1, -0.05) is 194 Å². The van der Waals surface area contributed by atoms with Crippen molar-refractivity contribution in [2.75, 3.05) is 0 Å². The third-order valence-corrected chi connectivity index (χ3v) is 8.86. The largest absolute Gasteiger partial charge is 0.325 e. The Morgan fingerprint density at radius 3 is 0.730 bits per heavy atom. The quantitative estimate of drug-likeness (QED) is 0.0901. The molecule has 224 valence electrons. The van der Waals surface area contributed by atoms with Crippen LogP contribution in [0, 0.1) is 5.92 Å². The standard InChI is InChI=1S/C36H75N/c1-5-7-9-11-13-15-17-19-21-23-25-27-29-31-33-35(36(3,4)37)34-32-30-28-26-24-22-20-18-16-14-12-10-8-6-2/h35H,5-34,37H2,1-4H3. The molecule has 0 aliphatic carbocycles. The molecule has 0 amide bonds. The second kappa shape index (κ2) is 29.0. The molecule has 0 spiro atoms. The lowest BCUT2D eigenvalue weighted by molar-refractivity contribution is 0.267. The van der Waals surface area contributed by atoms with Crippen LogP contribution >= 0.6 is 0 Å². The van der Waals surface area contributed by atoms with Crippen molar-refractivity contribution >= 4 is 0 Å². The maximum absolute atomic E-state index is 6.59. The van der Waals surface area contributed by atoms with Crippen LogP contribution in [0.5, 0.6) is 0 Å². The Hall–Kier alpha value is -0.0400. The molecule has 0 aromatic carbocycles. The number of hydrogen-bond acceptors (Lipinski definition) is 1. The van der Waals surface area contributed by atoms with Gasteiger partial charge in [0.1, 0.15) is 0 Å². The molecule has 0 saturated carbocycles. The minimum atomic E-state index is -0.00687. The van der Waals surface area contributed by atoms with Gasteiger partial charge in [0.15, 0.2) is 0 Å². The first kappa shape index (κ1) is 37.0. The fourth-order valence-corrected chi connectivity index (χ4v) is 6.06. The first-order chi connectivity index (χ1) is 18.0. The van der Waals surface area contributed by atoms with Gasteiger partial charge in [-0.05, 0) is 32.6 Å². The SMILES string of the molecule is CCCCCCCCCCCCCCCCC(CCCCCCCCCCCCCCCC)C(C)(C)N. The number of hydrogen-bond donors (Lipinski definition) is 1. The summed E-state index contributed by atoms with van der Waals surface area (Å²) < 4.78 is 0. The van der Waals surface area contributed by atoms with Gasteiger partial charge < -0.3 is 5.73 Å². The average molecular weight is 522 g/mol. The first-order valence-electron chi connectivity index (χ1n) is 17.8. The molecule has 0 rings (SSSR count). The highest BCUT2D eigenvalue weighted by Gasteiger charge is 2.23. The van der Waals surface area contributed by atoms with E-state index in [-0.39, 0.29) is 5.54 Å². The highest BCUT2D eigenvalue weighted by atomic mass is 14.7. The fourth-order valence-electron chi connectivity index (χ4n) is 6.06. The summed E-state index contributed by atoms with van der Waals surface area (Å²) in [6.45, 7) is 9.15. The van der Waals surface area contributed by atoms with Crippen LogP contribution in [0.25, 0.3) is 0 Å². The van der Waals surface area contributed by atoms with Crippen molar-refractivity contribution in [1.29, 1.82) is 0 Å². The van der Waals surface area contributed by atoms with E-state index in [0.717, 1.165) is 0 Å². The van der Waals surface area contributed by atoms with Gasteiger partial charge in [0.25, 0.3) is 0 Å². The molecule has 0 radical (unpaired) electrons. The molecule has 0 saturated heterocycles. The topological polar surface area (TPSA) is 26.0 Å². The van der Waals surface area contributed by atoms with Crippen LogP contribution in [0.2, 0.25) is 0 Å². The van der Waals surface area contributed by atoms with Crippen LogP contribution in [0.1, 0.15) is 220 Å². The third-order valence-electron chi connectivity index (χ3n) is 8.86. The summed E-state index contributed by atoms with van der Waals surface area (Å²) in [7, 11) is 0. The summed E-state index contributed by atoms with van der Waals surface area (Å²) in [6.07, 6.45) is 43.1. The summed E-state index contributed by atoms with van der Waals surface area (Å²) in [4.78, 5) is 0. The van der Waals surface area contributed by atoms with Crippen molar-refractivity contribution in [3.05, 3.63) is 0 Å². The Bertz CT molecular complexity index is 377. The van der Waals surface area contributed by atoms with Gasteiger partial charge in [-0.3, -0.25) is 0 Å². The van der Waals surface area contributed by atoms with Crippen molar-refractivity contribution in [2.24, 2.45) is 11.7 Å². The molecule has 1 heteroatoms. The van der Waals surface area contributed by atoms with E-state index in [1.165, 1.54) is 193 Å². The lowest BCUT2D eigenvalue weighted by atomic mass is 9.80. The van der Waals surface area contributed by atoms with E-state index in [9.17, 15) is 0 Å². The van der Waals surface area contributed by atoms with Gasteiger partial charge in [-0.25, -0.2) is 0 Å². The van der Waals surface area contributed by atoms with Crippen LogP contribution in [-0.2, 0) is 0 Å². The molecular weight excluding hydrogens is 446 g/mol. The van der Waals surface area contributed by atoms with E-state index < -0.39 is 0 Å². The maximum atomic E-state index is 6.59. The van der Waals surface area contributed by atoms with E-state index in [4.69, 9.17) is 5.73 Å². The predicted molar refractivity (Wildman–Crippen MR) is 172 cm³/mol. The zero-order valence-electron chi connectivity index (χ0n) is 26.9. The molecule has 0 atom stereocenters. The van der Waals surface area contributed by atoms with E-state index in [1.54, 1.807) is 0 Å². The molecule has 0 heterocycles. The van der Waals surface area contributed by atoms with Crippen LogP contribution in [0.15, 0.2) is 0 Å². The lowest BCUT2D eigenvalue weighted by Gasteiger charge is -2.31. The molecule has 0 fully saturated rings. The predicted octanol–water partition coefficient (Wildman–Crippen LogP) is 13.1. The van der Waals surface area contributed by atoms with Crippen molar-refractivity contribution in [1.82, 2.24) is 0 Å². The molecule has 1 nitrogen and oxygen atoms in total. The number of unbranched alkanes of at least 4 members (excludes halogenated alkanes) is 26. The Morgan fingerprint density at radius 2 is 0.541 bits per heavy atom. The zero-order valence-corrected chi connectivity index (χ0v) is 26.9. The van der Waals surface area contributed by atoms with Crippen LogP contribution < -0.4 is 5.73 Å². The molecule has 0 unspecified atom stereocenters. The van der Waals surface area contributed by atoms with Gasteiger partial charge in [0, 0.05) is 5.54 Å². The Kier molecular flexibility index (Phi) is 28.9. The third kappa shape index (κ3) is 28.8. The second-order valence-corrected chi connectivity index (χ2v) is 13.3. The minimum absolute atomic E-state index is 0.00687. The second-order valence-electron chi connectivity index (χ2n) is 13.3.